The molecule has 0 saturated heterocycles. The van der Waals surface area contributed by atoms with Gasteiger partial charge in [0.25, 0.3) is 0 Å². The highest BCUT2D eigenvalue weighted by Crippen LogP contribution is 2.30. The van der Waals surface area contributed by atoms with Crippen LogP contribution in [0.25, 0.3) is 0 Å². The zero-order valence-corrected chi connectivity index (χ0v) is 7.20. The van der Waals surface area contributed by atoms with E-state index in [0.717, 1.165) is 0 Å². The number of hydrogen-bond acceptors (Lipinski definition) is 2. The lowest BCUT2D eigenvalue weighted by molar-refractivity contribution is 1.35. The summed E-state index contributed by atoms with van der Waals surface area (Å²) in [5, 5.41) is 0.972. The van der Waals surface area contributed by atoms with Crippen LogP contribution < -0.4 is 4.72 Å². The first-order chi connectivity index (χ1) is 4.20. The van der Waals surface area contributed by atoms with Crippen molar-refractivity contribution in [1.29, 1.82) is 0 Å². The molecule has 0 atom stereocenters. The van der Waals surface area contributed by atoms with Crippen LogP contribution in [-0.4, -0.2) is 0 Å². The van der Waals surface area contributed by atoms with Gasteiger partial charge >= 0.3 is 0 Å². The third-order valence-electron chi connectivity index (χ3n) is 0.679. The summed E-state index contributed by atoms with van der Waals surface area (Å²) in [7, 11) is 0. The molecule has 0 fully saturated rings. The lowest BCUT2D eigenvalue weighted by Gasteiger charge is -2.08. The fourth-order valence-corrected chi connectivity index (χ4v) is 1.42. The summed E-state index contributed by atoms with van der Waals surface area (Å²) in [5.74, 6) is 0. The van der Waals surface area contributed by atoms with Crippen LogP contribution in [0.3, 0.4) is 0 Å². The minimum absolute atomic E-state index is 0.477. The standard InChI is InChI=1S/C4H2Cl3NS/c5-2-1-3(6)8-9-4(2)7/h1,8H. The largest absolute Gasteiger partial charge is 0.315 e. The van der Waals surface area contributed by atoms with Crippen LogP contribution in [0.4, 0.5) is 0 Å². The normalized spacial score (nSPS) is 19.2. The van der Waals surface area contributed by atoms with Gasteiger partial charge < -0.3 is 4.72 Å². The number of nitrogens with one attached hydrogen (secondary N) is 1. The maximum atomic E-state index is 5.59. The number of halogens is 3. The molecule has 0 aliphatic carbocycles. The average Bonchev–Trinajstić information content (AvgIpc) is 1.80. The van der Waals surface area contributed by atoms with E-state index < -0.39 is 0 Å². The Balaban J connectivity index is 2.83. The molecule has 0 bridgehead atoms. The first-order valence-corrected chi connectivity index (χ1v) is 4.00. The Labute approximate surface area is 72.2 Å². The van der Waals surface area contributed by atoms with Gasteiger partial charge in [-0.1, -0.05) is 34.8 Å². The molecular weight excluding hydrogens is 200 g/mol. The van der Waals surface area contributed by atoms with Crippen molar-refractivity contribution in [2.75, 3.05) is 0 Å². The molecule has 5 heteroatoms. The van der Waals surface area contributed by atoms with Gasteiger partial charge in [-0.2, -0.15) is 0 Å². The Morgan fingerprint density at radius 3 is 2.44 bits per heavy atom. The van der Waals surface area contributed by atoms with Gasteiger partial charge in [0.1, 0.15) is 9.52 Å². The molecule has 0 amide bonds. The van der Waals surface area contributed by atoms with Gasteiger partial charge in [0.2, 0.25) is 0 Å². The van der Waals surface area contributed by atoms with Crippen molar-refractivity contribution in [1.82, 2.24) is 4.72 Å². The van der Waals surface area contributed by atoms with Crippen molar-refractivity contribution in [2.24, 2.45) is 0 Å². The molecule has 1 N–H and O–H groups in total. The molecule has 0 aromatic heterocycles. The first kappa shape index (κ1) is 7.61. The second-order valence-corrected chi connectivity index (χ2v) is 3.55. The monoisotopic (exact) mass is 201 g/mol. The van der Waals surface area contributed by atoms with E-state index in [4.69, 9.17) is 34.8 Å². The topological polar surface area (TPSA) is 12.0 Å². The third-order valence-corrected chi connectivity index (χ3v) is 2.66. The van der Waals surface area contributed by atoms with E-state index in [0.29, 0.717) is 14.6 Å². The Hall–Kier alpha value is 0.500. The van der Waals surface area contributed by atoms with Crippen molar-refractivity contribution in [3.05, 3.63) is 20.6 Å². The van der Waals surface area contributed by atoms with Crippen molar-refractivity contribution in [2.45, 2.75) is 0 Å². The second-order valence-electron chi connectivity index (χ2n) is 1.32. The molecule has 9 heavy (non-hydrogen) atoms. The second kappa shape index (κ2) is 3.06. The molecule has 1 aliphatic heterocycles. The van der Waals surface area contributed by atoms with E-state index in [9.17, 15) is 0 Å². The number of allylic oxidation sites excluding steroid dienone is 2. The fourth-order valence-electron chi connectivity index (χ4n) is 0.340. The molecule has 50 valence electrons. The minimum atomic E-state index is 0.477. The van der Waals surface area contributed by atoms with E-state index in [1.165, 1.54) is 11.9 Å². The molecular formula is C4H2Cl3NS. The fraction of sp³-hybridized carbons (Fsp3) is 0. The summed E-state index contributed by atoms with van der Waals surface area (Å²) >= 11 is 17.9. The van der Waals surface area contributed by atoms with Crippen LogP contribution in [0.5, 0.6) is 0 Å². The average molecular weight is 202 g/mol. The first-order valence-electron chi connectivity index (χ1n) is 2.05. The van der Waals surface area contributed by atoms with Crippen molar-refractivity contribution in [3.8, 4) is 0 Å². The molecule has 1 rings (SSSR count). The van der Waals surface area contributed by atoms with Crippen LogP contribution in [0, 0.1) is 0 Å². The van der Waals surface area contributed by atoms with Crippen LogP contribution in [0.1, 0.15) is 0 Å². The van der Waals surface area contributed by atoms with Gasteiger partial charge in [-0.05, 0) is 18.0 Å². The molecule has 0 saturated carbocycles. The molecule has 1 aliphatic rings. The Morgan fingerprint density at radius 2 is 2.00 bits per heavy atom. The highest BCUT2D eigenvalue weighted by Gasteiger charge is 2.07. The quantitative estimate of drug-likeness (QED) is 0.479. The van der Waals surface area contributed by atoms with E-state index >= 15 is 0 Å². The summed E-state index contributed by atoms with van der Waals surface area (Å²) < 4.78 is 3.25. The molecule has 0 aromatic carbocycles. The number of rotatable bonds is 0. The van der Waals surface area contributed by atoms with Gasteiger partial charge in [0, 0.05) is 0 Å². The summed E-state index contributed by atoms with van der Waals surface area (Å²) in [4.78, 5) is 0. The van der Waals surface area contributed by atoms with Gasteiger partial charge in [0.05, 0.1) is 5.03 Å². The van der Waals surface area contributed by atoms with Gasteiger partial charge in [-0.3, -0.25) is 0 Å². The summed E-state index contributed by atoms with van der Waals surface area (Å²) in [6.45, 7) is 0. The Morgan fingerprint density at radius 1 is 1.33 bits per heavy atom. The molecule has 0 radical (unpaired) electrons. The van der Waals surface area contributed by atoms with Gasteiger partial charge in [0.15, 0.2) is 0 Å². The smallest absolute Gasteiger partial charge is 0.113 e. The predicted octanol–water partition coefficient (Wildman–Crippen LogP) is 2.96. The van der Waals surface area contributed by atoms with Crippen molar-refractivity contribution < 1.29 is 0 Å². The SMILES string of the molecule is ClC1=CC(Cl)=C(Cl)SN1. The summed E-state index contributed by atoms with van der Waals surface area (Å²) in [5.41, 5.74) is 0. The molecule has 0 aromatic rings. The molecule has 1 heterocycles. The minimum Gasteiger partial charge on any atom is -0.315 e. The maximum absolute atomic E-state index is 5.59. The zero-order valence-electron chi connectivity index (χ0n) is 4.12. The predicted molar refractivity (Wildman–Crippen MR) is 43.4 cm³/mol. The number of hydrogen-bond donors (Lipinski definition) is 1. The zero-order chi connectivity index (χ0) is 6.85. The highest BCUT2D eigenvalue weighted by molar-refractivity contribution is 8.03. The Kier molecular flexibility index (Phi) is 2.59. The maximum Gasteiger partial charge on any atom is 0.113 e. The van der Waals surface area contributed by atoms with E-state index in [1.807, 2.05) is 0 Å². The Bertz CT molecular complexity index is 186. The van der Waals surface area contributed by atoms with Crippen LogP contribution in [-0.2, 0) is 0 Å². The lowest BCUT2D eigenvalue weighted by atomic mass is 10.6. The van der Waals surface area contributed by atoms with Crippen molar-refractivity contribution in [3.63, 3.8) is 0 Å². The van der Waals surface area contributed by atoms with Gasteiger partial charge in [-0.15, -0.1) is 0 Å². The van der Waals surface area contributed by atoms with Gasteiger partial charge in [-0.25, -0.2) is 0 Å². The van der Waals surface area contributed by atoms with Crippen LogP contribution in [0.15, 0.2) is 20.6 Å². The van der Waals surface area contributed by atoms with Crippen LogP contribution >= 0.6 is 46.8 Å². The van der Waals surface area contributed by atoms with Crippen LogP contribution in [0.2, 0.25) is 0 Å². The van der Waals surface area contributed by atoms with E-state index in [2.05, 4.69) is 4.72 Å². The molecule has 0 unspecified atom stereocenters. The molecule has 1 nitrogen and oxygen atoms in total. The summed E-state index contributed by atoms with van der Waals surface area (Å²) in [6, 6.07) is 0. The van der Waals surface area contributed by atoms with E-state index in [-0.39, 0.29) is 0 Å². The highest BCUT2D eigenvalue weighted by atomic mass is 35.5. The lowest BCUT2D eigenvalue weighted by Crippen LogP contribution is -2.00. The third kappa shape index (κ3) is 1.97. The van der Waals surface area contributed by atoms with E-state index in [1.54, 1.807) is 6.08 Å². The van der Waals surface area contributed by atoms with Crippen molar-refractivity contribution >= 4 is 46.8 Å². The summed E-state index contributed by atoms with van der Waals surface area (Å²) in [6.07, 6.45) is 1.56. The molecule has 0 spiro atoms.